The largest absolute Gasteiger partial charge is 0.368 e. The maximum Gasteiger partial charge on any atom is 0.329 e. The van der Waals surface area contributed by atoms with Crippen molar-refractivity contribution < 1.29 is 19.3 Å². The van der Waals surface area contributed by atoms with Crippen molar-refractivity contribution in [1.29, 1.82) is 0 Å². The zero-order chi connectivity index (χ0) is 13.8. The van der Waals surface area contributed by atoms with Gasteiger partial charge in [-0.3, -0.25) is 0 Å². The van der Waals surface area contributed by atoms with Gasteiger partial charge in [-0.1, -0.05) is 0 Å². The number of nitrogens with zero attached hydrogens (tertiary/aromatic N) is 3. The smallest absolute Gasteiger partial charge is 0.329 e. The third-order valence-corrected chi connectivity index (χ3v) is 2.12. The molecule has 1 aromatic rings. The number of nitrogen functional groups attached to an aromatic ring is 2. The average Bonchev–Trinajstić information content (AvgIpc) is 2.30. The molecule has 0 spiro atoms. The van der Waals surface area contributed by atoms with E-state index >= 15 is 0 Å². The molecule has 0 saturated carbocycles. The summed E-state index contributed by atoms with van der Waals surface area (Å²) in [5.41, 5.74) is 10.8. The molecule has 0 fully saturated rings. The third-order valence-electron chi connectivity index (χ3n) is 2.12. The Morgan fingerprint density at radius 2 is 1.50 bits per heavy atom. The summed E-state index contributed by atoms with van der Waals surface area (Å²) in [6.07, 6.45) is -1.42. The van der Waals surface area contributed by atoms with Gasteiger partial charge in [-0.15, -0.1) is 0 Å². The Bertz CT molecular complexity index is 371. The van der Waals surface area contributed by atoms with Crippen molar-refractivity contribution in [2.75, 3.05) is 38.1 Å². The fraction of sp³-hybridized carbons (Fsp3) is 0.625. The van der Waals surface area contributed by atoms with Gasteiger partial charge in [0.1, 0.15) is 0 Å². The van der Waals surface area contributed by atoms with Gasteiger partial charge in [-0.2, -0.15) is 15.0 Å². The number of anilines is 3. The van der Waals surface area contributed by atoms with E-state index in [-0.39, 0.29) is 17.8 Å². The Labute approximate surface area is 103 Å². The van der Waals surface area contributed by atoms with Crippen LogP contribution in [-0.2, 0) is 14.2 Å². The first-order valence-electron chi connectivity index (χ1n) is 4.84. The average molecular weight is 260 g/mol. The summed E-state index contributed by atoms with van der Waals surface area (Å²) in [7, 11) is 3.90. The minimum Gasteiger partial charge on any atom is -0.368 e. The van der Waals surface area contributed by atoms with Crippen LogP contribution in [0.5, 0.6) is 0 Å². The van der Waals surface area contributed by atoms with Gasteiger partial charge in [0.2, 0.25) is 24.1 Å². The Balaban J connectivity index is 2.88. The predicted octanol–water partition coefficient (Wildman–Crippen LogP) is -1.64. The summed E-state index contributed by atoms with van der Waals surface area (Å²) < 4.78 is 14.8. The molecule has 102 valence electrons. The molecular weight excluding hydrogens is 244 g/mol. The number of rotatable bonds is 6. The van der Waals surface area contributed by atoms with Gasteiger partial charge in [0.25, 0.3) is 0 Å². The molecule has 1 unspecified atom stereocenters. The van der Waals surface area contributed by atoms with Crippen molar-refractivity contribution in [1.82, 2.24) is 15.0 Å². The van der Waals surface area contributed by atoms with E-state index in [0.717, 1.165) is 0 Å². The second-order valence-electron chi connectivity index (χ2n) is 3.14. The molecule has 0 aromatic carbocycles. The fourth-order valence-corrected chi connectivity index (χ4v) is 1.27. The summed E-state index contributed by atoms with van der Waals surface area (Å²) in [6, 6.07) is 0. The molecule has 18 heavy (non-hydrogen) atoms. The molecule has 0 aliphatic heterocycles. The molecule has 1 rings (SSSR count). The minimum atomic E-state index is -1.71. The van der Waals surface area contributed by atoms with Crippen LogP contribution in [0.25, 0.3) is 0 Å². The van der Waals surface area contributed by atoms with Crippen molar-refractivity contribution in [3.8, 4) is 0 Å². The van der Waals surface area contributed by atoms with Gasteiger partial charge >= 0.3 is 5.97 Å². The van der Waals surface area contributed by atoms with Crippen LogP contribution in [0.3, 0.4) is 0 Å². The van der Waals surface area contributed by atoms with Crippen LogP contribution >= 0.6 is 0 Å². The van der Waals surface area contributed by atoms with Crippen LogP contribution in [0.2, 0.25) is 0 Å². The van der Waals surface area contributed by atoms with Crippen LogP contribution in [0.15, 0.2) is 0 Å². The number of nitrogens with one attached hydrogen (secondary N) is 1. The quantitative estimate of drug-likeness (QED) is 0.438. The molecule has 0 aliphatic rings. The Morgan fingerprint density at radius 1 is 1.06 bits per heavy atom. The topological polar surface area (TPSA) is 151 Å². The Hall–Kier alpha value is -1.75. The van der Waals surface area contributed by atoms with Crippen LogP contribution in [0.4, 0.5) is 17.8 Å². The standard InChI is InChI=1S/C8H16N6O4/c1-16-8(17-2,18-3)4(15)11-7-13-5(9)12-6(10)14-7/h4,15H,1-3H3,(H5,9,10,11,12,13,14). The molecule has 0 aliphatic carbocycles. The molecular formula is C8H16N6O4. The second-order valence-corrected chi connectivity index (χ2v) is 3.14. The molecule has 1 aromatic heterocycles. The van der Waals surface area contributed by atoms with Gasteiger partial charge in [-0.05, 0) is 0 Å². The van der Waals surface area contributed by atoms with E-state index in [1.807, 2.05) is 0 Å². The van der Waals surface area contributed by atoms with Crippen molar-refractivity contribution in [3.05, 3.63) is 0 Å². The van der Waals surface area contributed by atoms with Gasteiger partial charge in [0.05, 0.1) is 0 Å². The van der Waals surface area contributed by atoms with Crippen LogP contribution < -0.4 is 16.8 Å². The highest BCUT2D eigenvalue weighted by Crippen LogP contribution is 2.18. The van der Waals surface area contributed by atoms with Crippen LogP contribution in [0, 0.1) is 0 Å². The van der Waals surface area contributed by atoms with Gasteiger partial charge in [-0.25, -0.2) is 0 Å². The predicted molar refractivity (Wildman–Crippen MR) is 62.0 cm³/mol. The van der Waals surface area contributed by atoms with E-state index in [1.165, 1.54) is 21.3 Å². The summed E-state index contributed by atoms with van der Waals surface area (Å²) in [5, 5.41) is 12.4. The highest BCUT2D eigenvalue weighted by Gasteiger charge is 2.40. The van der Waals surface area contributed by atoms with E-state index in [9.17, 15) is 5.11 Å². The highest BCUT2D eigenvalue weighted by atomic mass is 16.9. The third kappa shape index (κ3) is 2.92. The Kier molecular flexibility index (Phi) is 4.55. The first-order chi connectivity index (χ1) is 8.47. The number of aromatic nitrogens is 3. The molecule has 6 N–H and O–H groups in total. The van der Waals surface area contributed by atoms with Gasteiger partial charge in [0.15, 0.2) is 0 Å². The first kappa shape index (κ1) is 14.3. The fourth-order valence-electron chi connectivity index (χ4n) is 1.27. The lowest BCUT2D eigenvalue weighted by Crippen LogP contribution is -2.51. The molecule has 10 nitrogen and oxygen atoms in total. The van der Waals surface area contributed by atoms with Gasteiger partial charge < -0.3 is 36.1 Å². The summed E-state index contributed by atoms with van der Waals surface area (Å²) >= 11 is 0. The maximum absolute atomic E-state index is 9.93. The lowest BCUT2D eigenvalue weighted by atomic mass is 10.4. The minimum absolute atomic E-state index is 0.0389. The van der Waals surface area contributed by atoms with Crippen molar-refractivity contribution in [2.45, 2.75) is 12.2 Å². The molecule has 0 saturated heterocycles. The monoisotopic (exact) mass is 260 g/mol. The summed E-state index contributed by atoms with van der Waals surface area (Å²) in [5.74, 6) is -1.93. The Morgan fingerprint density at radius 3 is 1.89 bits per heavy atom. The van der Waals surface area contributed by atoms with Crippen molar-refractivity contribution in [2.24, 2.45) is 0 Å². The number of nitrogens with two attached hydrogens (primary N) is 2. The van der Waals surface area contributed by atoms with E-state index < -0.39 is 12.2 Å². The van der Waals surface area contributed by atoms with Crippen molar-refractivity contribution >= 4 is 17.8 Å². The zero-order valence-corrected chi connectivity index (χ0v) is 10.2. The molecule has 1 atom stereocenters. The number of hydrogen-bond acceptors (Lipinski definition) is 10. The summed E-state index contributed by atoms with van der Waals surface area (Å²) in [4.78, 5) is 11.0. The van der Waals surface area contributed by atoms with E-state index in [1.54, 1.807) is 0 Å². The number of aliphatic hydroxyl groups excluding tert-OH is 1. The summed E-state index contributed by atoms with van der Waals surface area (Å²) in [6.45, 7) is 0. The number of hydrogen-bond donors (Lipinski definition) is 4. The number of ether oxygens (including phenoxy) is 3. The van der Waals surface area contributed by atoms with E-state index in [4.69, 9.17) is 25.7 Å². The van der Waals surface area contributed by atoms with Crippen LogP contribution in [0.1, 0.15) is 0 Å². The normalized spacial score (nSPS) is 13.3. The van der Waals surface area contributed by atoms with E-state index in [2.05, 4.69) is 20.3 Å². The zero-order valence-electron chi connectivity index (χ0n) is 10.2. The highest BCUT2D eigenvalue weighted by molar-refractivity contribution is 5.37. The first-order valence-corrected chi connectivity index (χ1v) is 4.84. The maximum atomic E-state index is 9.93. The lowest BCUT2D eigenvalue weighted by Gasteiger charge is -2.32. The second kappa shape index (κ2) is 5.73. The molecule has 0 amide bonds. The lowest BCUT2D eigenvalue weighted by molar-refractivity contribution is -0.383. The van der Waals surface area contributed by atoms with Crippen molar-refractivity contribution in [3.63, 3.8) is 0 Å². The number of methoxy groups -OCH3 is 3. The molecule has 0 bridgehead atoms. The molecule has 1 heterocycles. The van der Waals surface area contributed by atoms with Crippen LogP contribution in [-0.4, -0.2) is 53.6 Å². The SMILES string of the molecule is COC(OC)(OC)C(O)Nc1nc(N)nc(N)n1. The molecule has 10 heteroatoms. The molecule has 0 radical (unpaired) electrons. The van der Waals surface area contributed by atoms with E-state index in [0.29, 0.717) is 0 Å². The van der Waals surface area contributed by atoms with Gasteiger partial charge in [0, 0.05) is 21.3 Å². The number of aliphatic hydroxyl groups is 1.